The lowest BCUT2D eigenvalue weighted by Crippen LogP contribution is -2.27. The van der Waals surface area contributed by atoms with Crippen LogP contribution in [-0.4, -0.2) is 26.9 Å². The van der Waals surface area contributed by atoms with E-state index in [-0.39, 0.29) is 11.9 Å². The van der Waals surface area contributed by atoms with Crippen molar-refractivity contribution in [1.29, 1.82) is 0 Å². The van der Waals surface area contributed by atoms with E-state index in [0.717, 1.165) is 17.7 Å². The molecular weight excluding hydrogens is 298 g/mol. The van der Waals surface area contributed by atoms with Gasteiger partial charge in [-0.3, -0.25) is 9.36 Å². The zero-order valence-electron chi connectivity index (χ0n) is 13.0. The Labute approximate surface area is 134 Å². The largest absolute Gasteiger partial charge is 0.368 e. The minimum absolute atomic E-state index is 0.106. The van der Waals surface area contributed by atoms with Crippen molar-refractivity contribution in [1.82, 2.24) is 14.8 Å². The molecule has 0 aliphatic heterocycles. The van der Waals surface area contributed by atoms with E-state index >= 15 is 0 Å². The van der Waals surface area contributed by atoms with Crippen LogP contribution in [0.15, 0.2) is 29.4 Å². The van der Waals surface area contributed by atoms with Gasteiger partial charge in [0.15, 0.2) is 5.16 Å². The lowest BCUT2D eigenvalue weighted by molar-refractivity contribution is -0.119. The monoisotopic (exact) mass is 319 g/mol. The minimum atomic E-state index is -0.428. The second-order valence-electron chi connectivity index (χ2n) is 4.84. The number of thioether (sulfide) groups is 1. The van der Waals surface area contributed by atoms with Gasteiger partial charge in [-0.2, -0.15) is 0 Å². The normalized spacial score (nSPS) is 12.1. The molecule has 2 aromatic rings. The molecule has 0 aliphatic rings. The van der Waals surface area contributed by atoms with Gasteiger partial charge < -0.3 is 11.1 Å². The molecule has 0 bridgehead atoms. The number of nitrogen functional groups attached to an aromatic ring is 1. The summed E-state index contributed by atoms with van der Waals surface area (Å²) in [6.45, 7) is 4.01. The van der Waals surface area contributed by atoms with Crippen molar-refractivity contribution >= 4 is 29.3 Å². The summed E-state index contributed by atoms with van der Waals surface area (Å²) in [5.74, 6) is 0.153. The van der Waals surface area contributed by atoms with Crippen LogP contribution >= 0.6 is 11.8 Å². The Morgan fingerprint density at radius 2 is 2.09 bits per heavy atom. The molecule has 1 atom stereocenters. The highest BCUT2D eigenvalue weighted by molar-refractivity contribution is 7.98. The van der Waals surface area contributed by atoms with Gasteiger partial charge in [-0.15, -0.1) is 10.2 Å². The van der Waals surface area contributed by atoms with Gasteiger partial charge in [0.05, 0.1) is 0 Å². The molecule has 0 fully saturated rings. The maximum Gasteiger partial charge on any atom is 0.247 e. The van der Waals surface area contributed by atoms with E-state index in [1.54, 1.807) is 4.57 Å². The van der Waals surface area contributed by atoms with Crippen LogP contribution in [0.4, 0.5) is 11.6 Å². The maximum absolute atomic E-state index is 12.7. The number of aromatic nitrogens is 3. The molecule has 0 saturated carbocycles. The number of rotatable bonds is 6. The quantitative estimate of drug-likeness (QED) is 0.800. The number of benzene rings is 1. The average molecular weight is 319 g/mol. The Morgan fingerprint density at radius 1 is 1.36 bits per heavy atom. The van der Waals surface area contributed by atoms with E-state index in [9.17, 15) is 4.79 Å². The summed E-state index contributed by atoms with van der Waals surface area (Å²) in [4.78, 5) is 12.7. The van der Waals surface area contributed by atoms with Crippen molar-refractivity contribution in [2.75, 3.05) is 17.3 Å². The fourth-order valence-electron chi connectivity index (χ4n) is 2.37. The molecule has 22 heavy (non-hydrogen) atoms. The van der Waals surface area contributed by atoms with Crippen molar-refractivity contribution in [3.05, 3.63) is 29.8 Å². The van der Waals surface area contributed by atoms with Gasteiger partial charge in [0.1, 0.15) is 6.04 Å². The number of aryl methyl sites for hydroxylation is 1. The summed E-state index contributed by atoms with van der Waals surface area (Å²) < 4.78 is 1.69. The van der Waals surface area contributed by atoms with Crippen molar-refractivity contribution in [2.24, 2.45) is 0 Å². The second-order valence-corrected chi connectivity index (χ2v) is 5.61. The Kier molecular flexibility index (Phi) is 5.43. The molecule has 1 aromatic heterocycles. The van der Waals surface area contributed by atoms with Gasteiger partial charge in [-0.25, -0.2) is 0 Å². The summed E-state index contributed by atoms with van der Waals surface area (Å²) in [6, 6.07) is 7.37. The molecule has 2 rings (SSSR count). The topological polar surface area (TPSA) is 85.8 Å². The first-order valence-electron chi connectivity index (χ1n) is 7.25. The Morgan fingerprint density at radius 3 is 2.73 bits per heavy atom. The molecular formula is C15H21N5OS. The van der Waals surface area contributed by atoms with Gasteiger partial charge in [0.25, 0.3) is 0 Å². The van der Waals surface area contributed by atoms with Gasteiger partial charge in [-0.05, 0) is 30.7 Å². The average Bonchev–Trinajstić information content (AvgIpc) is 2.90. The molecule has 0 spiro atoms. The first-order valence-corrected chi connectivity index (χ1v) is 8.47. The third-order valence-electron chi connectivity index (χ3n) is 3.53. The van der Waals surface area contributed by atoms with Crippen molar-refractivity contribution < 1.29 is 4.79 Å². The lowest BCUT2D eigenvalue weighted by atomic mass is 10.1. The van der Waals surface area contributed by atoms with Gasteiger partial charge in [0.2, 0.25) is 11.9 Å². The van der Waals surface area contributed by atoms with Gasteiger partial charge in [0, 0.05) is 5.69 Å². The fraction of sp³-hybridized carbons (Fsp3) is 0.400. The third-order valence-corrected chi connectivity index (χ3v) is 4.17. The molecule has 0 aliphatic carbocycles. The molecule has 7 heteroatoms. The predicted molar refractivity (Wildman–Crippen MR) is 90.0 cm³/mol. The number of amides is 1. The Balaban J connectivity index is 2.28. The van der Waals surface area contributed by atoms with Crippen LogP contribution in [0.25, 0.3) is 0 Å². The molecule has 118 valence electrons. The molecule has 3 N–H and O–H groups in total. The number of carbonyl (C=O) groups excluding carboxylic acids is 1. The van der Waals surface area contributed by atoms with E-state index < -0.39 is 6.04 Å². The zero-order valence-corrected chi connectivity index (χ0v) is 13.9. The van der Waals surface area contributed by atoms with Crippen LogP contribution < -0.4 is 11.1 Å². The van der Waals surface area contributed by atoms with Crippen LogP contribution in [-0.2, 0) is 11.2 Å². The standard InChI is InChI=1S/C15H21N5OS/c1-4-10-8-6-7-9-11(10)17-13(21)12(5-2)20-14(16)18-19-15(20)22-3/h6-9,12H,4-5H2,1-3H3,(H2,16,18)(H,17,21). The number of nitrogens with one attached hydrogen (secondary N) is 1. The first kappa shape index (κ1) is 16.4. The van der Waals surface area contributed by atoms with Gasteiger partial charge in [-0.1, -0.05) is 43.8 Å². The van der Waals surface area contributed by atoms with Crippen LogP contribution in [0, 0.1) is 0 Å². The number of carbonyl (C=O) groups is 1. The van der Waals surface area contributed by atoms with Gasteiger partial charge >= 0.3 is 0 Å². The summed E-state index contributed by atoms with van der Waals surface area (Å²) >= 11 is 1.42. The minimum Gasteiger partial charge on any atom is -0.368 e. The van der Waals surface area contributed by atoms with Crippen LogP contribution in [0.2, 0.25) is 0 Å². The fourth-order valence-corrected chi connectivity index (χ4v) is 2.91. The molecule has 1 amide bonds. The number of nitrogens with two attached hydrogens (primary N) is 1. The summed E-state index contributed by atoms with van der Waals surface area (Å²) in [5.41, 5.74) is 7.82. The number of nitrogens with zero attached hydrogens (tertiary/aromatic N) is 3. The number of anilines is 2. The summed E-state index contributed by atoms with van der Waals surface area (Å²) in [7, 11) is 0. The van der Waals surface area contributed by atoms with E-state index in [2.05, 4.69) is 22.4 Å². The van der Waals surface area contributed by atoms with Crippen molar-refractivity contribution in [3.63, 3.8) is 0 Å². The Hall–Kier alpha value is -2.02. The SMILES string of the molecule is CCc1ccccc1NC(=O)C(CC)n1c(N)nnc1SC. The predicted octanol–water partition coefficient (Wildman–Crippen LogP) is 2.73. The lowest BCUT2D eigenvalue weighted by Gasteiger charge is -2.19. The van der Waals surface area contributed by atoms with E-state index in [1.807, 2.05) is 37.4 Å². The summed E-state index contributed by atoms with van der Waals surface area (Å²) in [6.07, 6.45) is 3.35. The molecule has 1 heterocycles. The van der Waals surface area contributed by atoms with E-state index in [0.29, 0.717) is 11.6 Å². The molecule has 1 unspecified atom stereocenters. The molecule has 0 radical (unpaired) electrons. The molecule has 1 aromatic carbocycles. The summed E-state index contributed by atoms with van der Waals surface area (Å²) in [5, 5.41) is 11.5. The number of hydrogen-bond acceptors (Lipinski definition) is 5. The van der Waals surface area contributed by atoms with Crippen molar-refractivity contribution in [2.45, 2.75) is 37.9 Å². The first-order chi connectivity index (χ1) is 10.6. The number of hydrogen-bond donors (Lipinski definition) is 2. The molecule has 0 saturated heterocycles. The smallest absolute Gasteiger partial charge is 0.247 e. The highest BCUT2D eigenvalue weighted by Gasteiger charge is 2.24. The van der Waals surface area contributed by atoms with Crippen LogP contribution in [0.1, 0.15) is 31.9 Å². The Bertz CT molecular complexity index is 655. The van der Waals surface area contributed by atoms with Crippen LogP contribution in [0.3, 0.4) is 0 Å². The highest BCUT2D eigenvalue weighted by Crippen LogP contribution is 2.25. The van der Waals surface area contributed by atoms with E-state index in [4.69, 9.17) is 5.73 Å². The van der Waals surface area contributed by atoms with E-state index in [1.165, 1.54) is 11.8 Å². The van der Waals surface area contributed by atoms with Crippen molar-refractivity contribution in [3.8, 4) is 0 Å². The maximum atomic E-state index is 12.7. The third kappa shape index (κ3) is 3.24. The zero-order chi connectivity index (χ0) is 16.1. The molecule has 6 nitrogen and oxygen atoms in total. The van der Waals surface area contributed by atoms with Crippen LogP contribution in [0.5, 0.6) is 0 Å². The second kappa shape index (κ2) is 7.31. The number of para-hydroxylation sites is 1. The highest BCUT2D eigenvalue weighted by atomic mass is 32.2.